The first kappa shape index (κ1) is 12.8. The van der Waals surface area contributed by atoms with Crippen LogP contribution in [0.25, 0.3) is 0 Å². The zero-order chi connectivity index (χ0) is 12.3. The van der Waals surface area contributed by atoms with Crippen LogP contribution in [0.3, 0.4) is 0 Å². The van der Waals surface area contributed by atoms with Crippen molar-refractivity contribution in [2.45, 2.75) is 25.4 Å². The smallest absolute Gasteiger partial charge is 0.231 e. The van der Waals surface area contributed by atoms with Crippen LogP contribution >= 0.6 is 0 Å². The molecule has 0 spiro atoms. The van der Waals surface area contributed by atoms with E-state index in [1.807, 2.05) is 0 Å². The second-order valence-corrected chi connectivity index (χ2v) is 5.16. The summed E-state index contributed by atoms with van der Waals surface area (Å²) in [6.45, 7) is 3.38. The molecule has 2 heterocycles. The first-order chi connectivity index (χ1) is 8.18. The van der Waals surface area contributed by atoms with Crippen LogP contribution in [0.5, 0.6) is 0 Å². The molecule has 0 aromatic heterocycles. The fourth-order valence-electron chi connectivity index (χ4n) is 2.86. The topological polar surface area (TPSA) is 61.8 Å². The van der Waals surface area contributed by atoms with E-state index in [1.54, 1.807) is 12.0 Å². The Balaban J connectivity index is 2.06. The number of methoxy groups -OCH3 is 1. The van der Waals surface area contributed by atoms with Gasteiger partial charge in [0.25, 0.3) is 0 Å². The maximum atomic E-state index is 12.6. The number of carbonyl (C=O) groups excluding carboxylic acids is 1. The lowest BCUT2D eigenvalue weighted by atomic mass is 9.78. The molecule has 0 aromatic carbocycles. The number of ether oxygens (including phenoxy) is 1. The molecular weight excluding hydrogens is 220 g/mol. The number of rotatable bonds is 3. The summed E-state index contributed by atoms with van der Waals surface area (Å²) >= 11 is 0. The van der Waals surface area contributed by atoms with E-state index in [0.29, 0.717) is 26.1 Å². The molecule has 2 rings (SSSR count). The third-order valence-electron chi connectivity index (χ3n) is 3.89. The van der Waals surface area contributed by atoms with E-state index in [0.717, 1.165) is 25.9 Å². The van der Waals surface area contributed by atoms with Crippen LogP contribution in [0.1, 0.15) is 19.3 Å². The highest BCUT2D eigenvalue weighted by atomic mass is 16.5. The van der Waals surface area contributed by atoms with Gasteiger partial charge in [0.1, 0.15) is 0 Å². The number of β-amino-alcohol motifs (C(OH)–C–C–N with tert-alkyl or cyclic N) is 1. The number of likely N-dealkylation sites (tertiary alicyclic amines) is 1. The van der Waals surface area contributed by atoms with Gasteiger partial charge in [-0.25, -0.2) is 0 Å². The van der Waals surface area contributed by atoms with Crippen molar-refractivity contribution in [3.63, 3.8) is 0 Å². The summed E-state index contributed by atoms with van der Waals surface area (Å²) in [6, 6.07) is 0. The van der Waals surface area contributed by atoms with Crippen LogP contribution in [0.15, 0.2) is 0 Å². The van der Waals surface area contributed by atoms with Gasteiger partial charge < -0.3 is 20.1 Å². The minimum Gasteiger partial charge on any atom is -0.391 e. The third-order valence-corrected chi connectivity index (χ3v) is 3.89. The van der Waals surface area contributed by atoms with Crippen molar-refractivity contribution < 1.29 is 14.6 Å². The molecule has 5 nitrogen and oxygen atoms in total. The molecule has 0 saturated carbocycles. The summed E-state index contributed by atoms with van der Waals surface area (Å²) in [5.74, 6) is 0.164. The lowest BCUT2D eigenvalue weighted by molar-refractivity contribution is -0.146. The molecule has 0 aliphatic carbocycles. The van der Waals surface area contributed by atoms with Gasteiger partial charge in [0.05, 0.1) is 18.1 Å². The molecule has 2 fully saturated rings. The first-order valence-corrected chi connectivity index (χ1v) is 6.35. The molecule has 0 bridgehead atoms. The van der Waals surface area contributed by atoms with E-state index < -0.39 is 0 Å². The minimum atomic E-state index is -0.371. The van der Waals surface area contributed by atoms with Crippen molar-refractivity contribution in [2.75, 3.05) is 39.9 Å². The molecule has 5 heteroatoms. The Labute approximate surface area is 102 Å². The van der Waals surface area contributed by atoms with Crippen LogP contribution in [-0.4, -0.2) is 61.9 Å². The van der Waals surface area contributed by atoms with Gasteiger partial charge in [-0.3, -0.25) is 4.79 Å². The maximum Gasteiger partial charge on any atom is 0.231 e. The van der Waals surface area contributed by atoms with E-state index >= 15 is 0 Å². The van der Waals surface area contributed by atoms with Gasteiger partial charge >= 0.3 is 0 Å². The molecule has 1 atom stereocenters. The summed E-state index contributed by atoms with van der Waals surface area (Å²) in [6.07, 6.45) is 2.01. The molecule has 17 heavy (non-hydrogen) atoms. The van der Waals surface area contributed by atoms with Gasteiger partial charge in [-0.15, -0.1) is 0 Å². The average molecular weight is 242 g/mol. The van der Waals surface area contributed by atoms with Gasteiger partial charge in [0, 0.05) is 20.2 Å². The monoisotopic (exact) mass is 242 g/mol. The Kier molecular flexibility index (Phi) is 4.01. The van der Waals surface area contributed by atoms with Crippen LogP contribution in [-0.2, 0) is 9.53 Å². The molecule has 2 aliphatic heterocycles. The predicted octanol–water partition coefficient (Wildman–Crippen LogP) is -0.404. The number of hydrogen-bond donors (Lipinski definition) is 2. The number of nitrogens with zero attached hydrogens (tertiary/aromatic N) is 1. The normalized spacial score (nSPS) is 28.4. The Morgan fingerprint density at radius 2 is 2.24 bits per heavy atom. The number of carbonyl (C=O) groups is 1. The molecule has 2 saturated heterocycles. The number of aliphatic hydroxyl groups excluding tert-OH is 1. The van der Waals surface area contributed by atoms with Crippen molar-refractivity contribution >= 4 is 5.91 Å². The van der Waals surface area contributed by atoms with E-state index in [1.165, 1.54) is 0 Å². The Morgan fingerprint density at radius 3 is 2.76 bits per heavy atom. The Morgan fingerprint density at radius 1 is 1.53 bits per heavy atom. The number of hydrogen-bond acceptors (Lipinski definition) is 4. The van der Waals surface area contributed by atoms with Crippen molar-refractivity contribution in [3.05, 3.63) is 0 Å². The van der Waals surface area contributed by atoms with Crippen molar-refractivity contribution in [2.24, 2.45) is 5.41 Å². The number of amides is 1. The molecule has 0 unspecified atom stereocenters. The van der Waals surface area contributed by atoms with E-state index in [4.69, 9.17) is 4.74 Å². The largest absolute Gasteiger partial charge is 0.391 e. The Bertz CT molecular complexity index is 271. The van der Waals surface area contributed by atoms with Crippen molar-refractivity contribution in [3.8, 4) is 0 Å². The van der Waals surface area contributed by atoms with E-state index in [9.17, 15) is 9.90 Å². The molecule has 2 aliphatic rings. The highest BCUT2D eigenvalue weighted by Crippen LogP contribution is 2.32. The quantitative estimate of drug-likeness (QED) is 0.706. The SMILES string of the molecule is COCC1(C(=O)N2CC[C@H](O)C2)CCNCC1. The minimum absolute atomic E-state index is 0.164. The fourth-order valence-corrected chi connectivity index (χ4v) is 2.86. The second-order valence-electron chi connectivity index (χ2n) is 5.16. The molecule has 2 N–H and O–H groups in total. The predicted molar refractivity (Wildman–Crippen MR) is 63.6 cm³/mol. The summed E-state index contributed by atoms with van der Waals surface area (Å²) in [7, 11) is 1.65. The first-order valence-electron chi connectivity index (χ1n) is 6.35. The lowest BCUT2D eigenvalue weighted by Crippen LogP contribution is -2.51. The average Bonchev–Trinajstić information content (AvgIpc) is 2.76. The van der Waals surface area contributed by atoms with Crippen LogP contribution in [0.2, 0.25) is 0 Å². The highest BCUT2D eigenvalue weighted by molar-refractivity contribution is 5.83. The number of piperidine rings is 1. The van der Waals surface area contributed by atoms with Gasteiger partial charge in [0.15, 0.2) is 0 Å². The summed E-state index contributed by atoms with van der Waals surface area (Å²) < 4.78 is 5.25. The standard InChI is InChI=1S/C12H22N2O3/c1-17-9-12(3-5-13-6-4-12)11(16)14-7-2-10(15)8-14/h10,13,15H,2-9H2,1H3/t10-/m0/s1. The third kappa shape index (κ3) is 2.61. The van der Waals surface area contributed by atoms with E-state index in [-0.39, 0.29) is 17.4 Å². The van der Waals surface area contributed by atoms with Gasteiger partial charge in [-0.2, -0.15) is 0 Å². The highest BCUT2D eigenvalue weighted by Gasteiger charge is 2.43. The number of nitrogens with one attached hydrogen (secondary N) is 1. The molecule has 1 amide bonds. The van der Waals surface area contributed by atoms with Gasteiger partial charge in [-0.1, -0.05) is 0 Å². The van der Waals surface area contributed by atoms with E-state index in [2.05, 4.69) is 5.32 Å². The summed E-state index contributed by atoms with van der Waals surface area (Å²) in [5.41, 5.74) is -0.371. The van der Waals surface area contributed by atoms with Gasteiger partial charge in [-0.05, 0) is 32.4 Å². The second kappa shape index (κ2) is 5.33. The van der Waals surface area contributed by atoms with Crippen molar-refractivity contribution in [1.82, 2.24) is 10.2 Å². The Hall–Kier alpha value is -0.650. The van der Waals surface area contributed by atoms with Crippen LogP contribution in [0, 0.1) is 5.41 Å². The lowest BCUT2D eigenvalue weighted by Gasteiger charge is -2.38. The summed E-state index contributed by atoms with van der Waals surface area (Å²) in [5, 5.41) is 12.8. The van der Waals surface area contributed by atoms with Crippen LogP contribution in [0.4, 0.5) is 0 Å². The number of aliphatic hydroxyl groups is 1. The molecule has 0 radical (unpaired) electrons. The molecule has 0 aromatic rings. The fraction of sp³-hybridized carbons (Fsp3) is 0.917. The molecular formula is C12H22N2O3. The summed E-state index contributed by atoms with van der Waals surface area (Å²) in [4.78, 5) is 14.4. The van der Waals surface area contributed by atoms with Gasteiger partial charge in [0.2, 0.25) is 5.91 Å². The zero-order valence-corrected chi connectivity index (χ0v) is 10.4. The van der Waals surface area contributed by atoms with Crippen LogP contribution < -0.4 is 5.32 Å². The molecule has 98 valence electrons. The maximum absolute atomic E-state index is 12.6. The zero-order valence-electron chi connectivity index (χ0n) is 10.4. The van der Waals surface area contributed by atoms with Crippen molar-refractivity contribution in [1.29, 1.82) is 0 Å².